The van der Waals surface area contributed by atoms with Gasteiger partial charge in [0.15, 0.2) is 0 Å². The van der Waals surface area contributed by atoms with Gasteiger partial charge >= 0.3 is 5.97 Å². The van der Waals surface area contributed by atoms with Crippen molar-refractivity contribution in [2.24, 2.45) is 5.92 Å². The van der Waals surface area contributed by atoms with Gasteiger partial charge in [0.2, 0.25) is 0 Å². The lowest BCUT2D eigenvalue weighted by molar-refractivity contribution is 0.0601. The van der Waals surface area contributed by atoms with E-state index in [2.05, 4.69) is 22.2 Å². The van der Waals surface area contributed by atoms with Crippen molar-refractivity contribution in [1.29, 1.82) is 0 Å². The highest BCUT2D eigenvalue weighted by Gasteiger charge is 2.30. The van der Waals surface area contributed by atoms with Crippen molar-refractivity contribution in [3.8, 4) is 11.4 Å². The smallest absolute Gasteiger partial charge is 0.341 e. The fourth-order valence-corrected chi connectivity index (χ4v) is 6.19. The molecule has 0 aliphatic heterocycles. The zero-order valence-electron chi connectivity index (χ0n) is 19.4. The predicted octanol–water partition coefficient (Wildman–Crippen LogP) is 6.57. The van der Waals surface area contributed by atoms with Crippen LogP contribution in [0.5, 0.6) is 0 Å². The van der Waals surface area contributed by atoms with Crippen LogP contribution in [0, 0.1) is 5.92 Å². The topological polar surface area (TPSA) is 81.2 Å². The number of nitrogens with zero attached hydrogens (tertiary/aromatic N) is 2. The average Bonchev–Trinajstić information content (AvgIpc) is 3.25. The quantitative estimate of drug-likeness (QED) is 0.310. The summed E-state index contributed by atoms with van der Waals surface area (Å²) in [7, 11) is 1.37. The lowest BCUT2D eigenvalue weighted by atomic mass is 9.85. The average molecular weight is 506 g/mol. The number of rotatable bonds is 5. The van der Waals surface area contributed by atoms with Gasteiger partial charge in [0, 0.05) is 16.5 Å². The molecule has 1 amide bonds. The highest BCUT2D eigenvalue weighted by atomic mass is 35.5. The summed E-state index contributed by atoms with van der Waals surface area (Å²) in [5, 5.41) is 4.61. The van der Waals surface area contributed by atoms with Crippen molar-refractivity contribution in [3.63, 3.8) is 0 Å². The molecule has 1 aromatic carbocycles. The number of hydrogen-bond donors (Lipinski definition) is 1. The number of carbonyl (C=O) groups excluding carboxylic acids is 2. The van der Waals surface area contributed by atoms with Crippen LogP contribution >= 0.6 is 22.9 Å². The maximum atomic E-state index is 13.7. The minimum absolute atomic E-state index is 0.340. The van der Waals surface area contributed by atoms with E-state index >= 15 is 0 Å². The van der Waals surface area contributed by atoms with Crippen molar-refractivity contribution in [2.45, 2.75) is 32.6 Å². The molecule has 3 heterocycles. The third kappa shape index (κ3) is 4.42. The Balaban J connectivity index is 1.60. The van der Waals surface area contributed by atoms with Crippen molar-refractivity contribution in [2.75, 3.05) is 12.4 Å². The monoisotopic (exact) mass is 505 g/mol. The number of amides is 1. The van der Waals surface area contributed by atoms with Crippen LogP contribution in [0.25, 0.3) is 22.3 Å². The number of anilines is 1. The SMILES string of the molecule is CCC1CCc2c(sc(NC(=O)c3cc(-c4ccccn4)nc4c(Cl)cccc34)c2C(=O)OC)C1. The second kappa shape index (κ2) is 9.76. The number of thiophene rings is 1. The van der Waals surface area contributed by atoms with Gasteiger partial charge in [-0.15, -0.1) is 11.3 Å². The first-order chi connectivity index (χ1) is 17.0. The number of para-hydroxylation sites is 1. The molecule has 178 valence electrons. The van der Waals surface area contributed by atoms with Crippen molar-refractivity contribution < 1.29 is 14.3 Å². The van der Waals surface area contributed by atoms with Crippen LogP contribution in [0.1, 0.15) is 50.9 Å². The van der Waals surface area contributed by atoms with Crippen LogP contribution in [-0.2, 0) is 17.6 Å². The van der Waals surface area contributed by atoms with Crippen LogP contribution in [0.15, 0.2) is 48.7 Å². The Morgan fingerprint density at radius 3 is 2.80 bits per heavy atom. The second-order valence-electron chi connectivity index (χ2n) is 8.58. The van der Waals surface area contributed by atoms with Crippen molar-refractivity contribution in [3.05, 3.63) is 75.3 Å². The van der Waals surface area contributed by atoms with Gasteiger partial charge in [-0.25, -0.2) is 9.78 Å². The Morgan fingerprint density at radius 2 is 2.06 bits per heavy atom. The minimum atomic E-state index is -0.426. The van der Waals surface area contributed by atoms with Gasteiger partial charge in [0.05, 0.1) is 40.2 Å². The molecule has 1 aliphatic carbocycles. The number of pyridine rings is 2. The number of aromatic nitrogens is 2. The van der Waals surface area contributed by atoms with Crippen LogP contribution in [0.2, 0.25) is 5.02 Å². The Morgan fingerprint density at radius 1 is 1.20 bits per heavy atom. The summed E-state index contributed by atoms with van der Waals surface area (Å²) < 4.78 is 5.09. The van der Waals surface area contributed by atoms with Crippen LogP contribution in [0.4, 0.5) is 5.00 Å². The molecule has 1 N–H and O–H groups in total. The molecule has 1 atom stereocenters. The molecule has 0 saturated carbocycles. The molecule has 3 aromatic heterocycles. The number of benzene rings is 1. The van der Waals surface area contributed by atoms with Gasteiger partial charge in [-0.05, 0) is 55.0 Å². The highest BCUT2D eigenvalue weighted by molar-refractivity contribution is 7.17. The van der Waals surface area contributed by atoms with Crippen LogP contribution < -0.4 is 5.32 Å². The van der Waals surface area contributed by atoms with E-state index in [-0.39, 0.29) is 5.91 Å². The summed E-state index contributed by atoms with van der Waals surface area (Å²) in [6.07, 6.45) is 5.51. The number of hydrogen-bond acceptors (Lipinski definition) is 6. The molecule has 8 heteroatoms. The summed E-state index contributed by atoms with van der Waals surface area (Å²) >= 11 is 7.93. The number of ether oxygens (including phenoxy) is 1. The fourth-order valence-electron chi connectivity index (χ4n) is 4.63. The van der Waals surface area contributed by atoms with Gasteiger partial charge in [-0.3, -0.25) is 9.78 Å². The number of halogens is 1. The van der Waals surface area contributed by atoms with E-state index in [9.17, 15) is 9.59 Å². The van der Waals surface area contributed by atoms with E-state index in [1.807, 2.05) is 24.3 Å². The predicted molar refractivity (Wildman–Crippen MR) is 139 cm³/mol. The number of nitrogens with one attached hydrogen (secondary N) is 1. The van der Waals surface area contributed by atoms with E-state index in [0.29, 0.717) is 49.4 Å². The molecule has 1 unspecified atom stereocenters. The molecule has 6 nitrogen and oxygen atoms in total. The number of esters is 1. The Kier molecular flexibility index (Phi) is 6.54. The van der Waals surface area contributed by atoms with E-state index in [1.54, 1.807) is 24.4 Å². The van der Waals surface area contributed by atoms with E-state index < -0.39 is 5.97 Å². The summed E-state index contributed by atoms with van der Waals surface area (Å²) in [5.41, 5.74) is 3.57. The largest absolute Gasteiger partial charge is 0.465 e. The number of carbonyl (C=O) groups is 2. The first-order valence-electron chi connectivity index (χ1n) is 11.5. The van der Waals surface area contributed by atoms with Gasteiger partial charge in [-0.2, -0.15) is 0 Å². The second-order valence-corrected chi connectivity index (χ2v) is 10.1. The first-order valence-corrected chi connectivity index (χ1v) is 12.7. The summed E-state index contributed by atoms with van der Waals surface area (Å²) in [6.45, 7) is 2.19. The molecule has 4 aromatic rings. The molecule has 0 bridgehead atoms. The maximum absolute atomic E-state index is 13.7. The first kappa shape index (κ1) is 23.5. The summed E-state index contributed by atoms with van der Waals surface area (Å²) in [5.74, 6) is -0.181. The zero-order valence-corrected chi connectivity index (χ0v) is 21.0. The van der Waals surface area contributed by atoms with Crippen molar-refractivity contribution in [1.82, 2.24) is 9.97 Å². The Labute approximate surface area is 212 Å². The van der Waals surface area contributed by atoms with E-state index in [4.69, 9.17) is 16.3 Å². The molecule has 0 fully saturated rings. The lowest BCUT2D eigenvalue weighted by Gasteiger charge is -2.20. The summed E-state index contributed by atoms with van der Waals surface area (Å²) in [6, 6.07) is 12.6. The molecule has 0 spiro atoms. The number of methoxy groups -OCH3 is 1. The zero-order chi connectivity index (χ0) is 24.5. The highest BCUT2D eigenvalue weighted by Crippen LogP contribution is 2.41. The van der Waals surface area contributed by atoms with Gasteiger partial charge in [0.1, 0.15) is 5.00 Å². The van der Waals surface area contributed by atoms with E-state index in [0.717, 1.165) is 36.1 Å². The van der Waals surface area contributed by atoms with E-state index in [1.165, 1.54) is 18.4 Å². The summed E-state index contributed by atoms with van der Waals surface area (Å²) in [4.78, 5) is 36.6. The van der Waals surface area contributed by atoms with Gasteiger partial charge < -0.3 is 10.1 Å². The Hall–Kier alpha value is -3.29. The van der Waals surface area contributed by atoms with Gasteiger partial charge in [0.25, 0.3) is 5.91 Å². The lowest BCUT2D eigenvalue weighted by Crippen LogP contribution is -2.17. The van der Waals surface area contributed by atoms with Gasteiger partial charge in [-0.1, -0.05) is 43.1 Å². The normalized spacial score (nSPS) is 15.0. The minimum Gasteiger partial charge on any atom is -0.465 e. The number of fused-ring (bicyclic) bond motifs is 2. The molecule has 5 rings (SSSR count). The maximum Gasteiger partial charge on any atom is 0.341 e. The molecular weight excluding hydrogens is 482 g/mol. The molecule has 0 radical (unpaired) electrons. The van der Waals surface area contributed by atoms with Crippen LogP contribution in [-0.4, -0.2) is 29.0 Å². The van der Waals surface area contributed by atoms with Crippen molar-refractivity contribution >= 4 is 50.7 Å². The molecule has 1 aliphatic rings. The molecule has 35 heavy (non-hydrogen) atoms. The molecular formula is C27H24ClN3O3S. The standard InChI is InChI=1S/C27H24ClN3O3S/c1-3-15-10-11-17-22(13-15)35-26(23(17)27(33)34-2)31-25(32)18-14-21(20-9-4-5-12-29-20)30-24-16(18)7-6-8-19(24)28/h4-9,12,14-15H,3,10-11,13H2,1-2H3,(H,31,32). The van der Waals surface area contributed by atoms with Crippen LogP contribution in [0.3, 0.4) is 0 Å². The third-order valence-electron chi connectivity index (χ3n) is 6.52. The molecule has 0 saturated heterocycles. The Bertz CT molecular complexity index is 1430. The third-order valence-corrected chi connectivity index (χ3v) is 8.00. The fraction of sp³-hybridized carbons (Fsp3) is 0.259.